The van der Waals surface area contributed by atoms with Gasteiger partial charge >= 0.3 is 6.36 Å². The maximum atomic E-state index is 14.0. The van der Waals surface area contributed by atoms with Crippen LogP contribution in [0.15, 0.2) is 71.9 Å². The Hall–Kier alpha value is -4.15. The lowest BCUT2D eigenvalue weighted by atomic mass is 10.1. The minimum Gasteiger partial charge on any atom is -0.406 e. The predicted octanol–water partition coefficient (Wildman–Crippen LogP) is 5.03. The van der Waals surface area contributed by atoms with Crippen molar-refractivity contribution in [1.82, 2.24) is 14.3 Å². The maximum absolute atomic E-state index is 14.0. The van der Waals surface area contributed by atoms with Gasteiger partial charge in [0.05, 0.1) is 6.20 Å². The lowest BCUT2D eigenvalue weighted by molar-refractivity contribution is -0.274. The van der Waals surface area contributed by atoms with Crippen molar-refractivity contribution in [3.05, 3.63) is 94.7 Å². The number of ether oxygens (including phenoxy) is 1. The number of halogens is 5. The average Bonchev–Trinajstić information content (AvgIpc) is 3.19. The second kappa shape index (κ2) is 9.00. The van der Waals surface area contributed by atoms with Crippen LogP contribution >= 0.6 is 0 Å². The van der Waals surface area contributed by atoms with Crippen molar-refractivity contribution in [3.63, 3.8) is 0 Å². The van der Waals surface area contributed by atoms with Crippen molar-refractivity contribution < 1.29 is 26.7 Å². The van der Waals surface area contributed by atoms with Crippen LogP contribution in [0, 0.1) is 11.6 Å². The van der Waals surface area contributed by atoms with E-state index >= 15 is 0 Å². The number of aryl methyl sites for hydroxylation is 1. The van der Waals surface area contributed by atoms with Gasteiger partial charge in [0.2, 0.25) is 0 Å². The molecule has 0 atom stereocenters. The molecule has 2 heterocycles. The second-order valence-corrected chi connectivity index (χ2v) is 7.34. The van der Waals surface area contributed by atoms with Crippen LogP contribution in [0.1, 0.15) is 5.56 Å². The Morgan fingerprint density at radius 2 is 1.76 bits per heavy atom. The van der Waals surface area contributed by atoms with Crippen LogP contribution in [0.3, 0.4) is 0 Å². The number of nitrogens with zero attached hydrogens (tertiary/aromatic N) is 3. The number of nitrogens with one attached hydrogen (secondary N) is 1. The summed E-state index contributed by atoms with van der Waals surface area (Å²) in [5.41, 5.74) is 1.55. The highest BCUT2D eigenvalue weighted by Crippen LogP contribution is 2.29. The fraction of sp³-hybridized carbons (Fsp3) is 0.130. The van der Waals surface area contributed by atoms with Gasteiger partial charge in [0.15, 0.2) is 0 Å². The highest BCUT2D eigenvalue weighted by atomic mass is 19.4. The number of benzene rings is 2. The highest BCUT2D eigenvalue weighted by Gasteiger charge is 2.31. The zero-order chi connectivity index (χ0) is 24.5. The van der Waals surface area contributed by atoms with Gasteiger partial charge in [-0.25, -0.2) is 8.78 Å². The summed E-state index contributed by atoms with van der Waals surface area (Å²) in [4.78, 5) is 12.8. The molecule has 11 heteroatoms. The summed E-state index contributed by atoms with van der Waals surface area (Å²) in [6.45, 7) is -0.0215. The van der Waals surface area contributed by atoms with E-state index in [1.807, 2.05) is 0 Å². The van der Waals surface area contributed by atoms with Gasteiger partial charge in [0.25, 0.3) is 5.56 Å². The molecule has 0 aliphatic heterocycles. The van der Waals surface area contributed by atoms with Crippen molar-refractivity contribution in [2.45, 2.75) is 12.9 Å². The van der Waals surface area contributed by atoms with Crippen molar-refractivity contribution in [1.29, 1.82) is 0 Å². The fourth-order valence-corrected chi connectivity index (χ4v) is 3.34. The SMILES string of the molecule is Cn1cc(-c2cn(-c3ccc(OC(F)(F)F)cc3)c(=O)cc2NCc2ccc(F)cc2F)cn1. The molecule has 176 valence electrons. The summed E-state index contributed by atoms with van der Waals surface area (Å²) in [6.07, 6.45) is -0.0619. The summed E-state index contributed by atoms with van der Waals surface area (Å²) in [5.74, 6) is -1.85. The molecule has 0 aliphatic rings. The first kappa shape index (κ1) is 23.0. The lowest BCUT2D eigenvalue weighted by Gasteiger charge is -2.15. The lowest BCUT2D eigenvalue weighted by Crippen LogP contribution is -2.19. The van der Waals surface area contributed by atoms with Crippen LogP contribution in [0.5, 0.6) is 5.75 Å². The minimum absolute atomic E-state index is 0.0215. The van der Waals surface area contributed by atoms with E-state index in [1.54, 1.807) is 24.1 Å². The summed E-state index contributed by atoms with van der Waals surface area (Å²) in [7, 11) is 1.71. The van der Waals surface area contributed by atoms with Crippen molar-refractivity contribution >= 4 is 5.69 Å². The maximum Gasteiger partial charge on any atom is 0.573 e. The van der Waals surface area contributed by atoms with Crippen molar-refractivity contribution in [3.8, 4) is 22.6 Å². The Morgan fingerprint density at radius 1 is 1.03 bits per heavy atom. The molecule has 0 fully saturated rings. The normalized spacial score (nSPS) is 11.5. The van der Waals surface area contributed by atoms with Crippen LogP contribution < -0.4 is 15.6 Å². The fourth-order valence-electron chi connectivity index (χ4n) is 3.34. The van der Waals surface area contributed by atoms with E-state index in [9.17, 15) is 26.7 Å². The molecule has 4 rings (SSSR count). The number of aromatic nitrogens is 3. The number of pyridine rings is 1. The number of alkyl halides is 3. The van der Waals surface area contributed by atoms with Gasteiger partial charge in [-0.15, -0.1) is 13.2 Å². The molecule has 0 saturated carbocycles. The van der Waals surface area contributed by atoms with Crippen molar-refractivity contribution in [2.24, 2.45) is 7.05 Å². The Labute approximate surface area is 189 Å². The second-order valence-electron chi connectivity index (χ2n) is 7.34. The van der Waals surface area contributed by atoms with Gasteiger partial charge in [-0.1, -0.05) is 6.07 Å². The predicted molar refractivity (Wildman–Crippen MR) is 115 cm³/mol. The quantitative estimate of drug-likeness (QED) is 0.397. The molecule has 6 nitrogen and oxygen atoms in total. The first-order valence-corrected chi connectivity index (χ1v) is 9.89. The van der Waals surface area contributed by atoms with E-state index in [0.717, 1.165) is 24.3 Å². The van der Waals surface area contributed by atoms with Gasteiger partial charge in [0.1, 0.15) is 17.4 Å². The monoisotopic (exact) mass is 476 g/mol. The van der Waals surface area contributed by atoms with E-state index < -0.39 is 29.3 Å². The molecule has 0 saturated heterocycles. The van der Waals surface area contributed by atoms with Gasteiger partial charge in [-0.05, 0) is 30.3 Å². The van der Waals surface area contributed by atoms with Gasteiger partial charge < -0.3 is 10.1 Å². The van der Waals surface area contributed by atoms with Crippen LogP contribution in [-0.2, 0) is 13.6 Å². The molecule has 34 heavy (non-hydrogen) atoms. The molecule has 0 amide bonds. The molecule has 0 spiro atoms. The van der Waals surface area contributed by atoms with E-state index in [0.29, 0.717) is 22.5 Å². The summed E-state index contributed by atoms with van der Waals surface area (Å²) in [6, 6.07) is 9.31. The van der Waals surface area contributed by atoms with E-state index in [4.69, 9.17) is 0 Å². The Bertz CT molecular complexity index is 1380. The first-order chi connectivity index (χ1) is 16.1. The van der Waals surface area contributed by atoms with Gasteiger partial charge in [-0.3, -0.25) is 14.0 Å². The molecule has 2 aromatic carbocycles. The summed E-state index contributed by atoms with van der Waals surface area (Å²) < 4.78 is 71.2. The third-order valence-electron chi connectivity index (χ3n) is 4.90. The number of hydrogen-bond acceptors (Lipinski definition) is 4. The minimum atomic E-state index is -4.83. The molecule has 0 unspecified atom stereocenters. The molecule has 0 bridgehead atoms. The van der Waals surface area contributed by atoms with Gasteiger partial charge in [-0.2, -0.15) is 5.10 Å². The number of anilines is 1. The molecule has 0 radical (unpaired) electrons. The standard InChI is InChI=1S/C23H17F5N4O2/c1-31-12-15(11-30-31)19-13-32(17-4-6-18(7-5-17)34-23(26,27)28)22(33)9-21(19)29-10-14-2-3-16(24)8-20(14)25/h2-9,11-13,29H,10H2,1H3. The Balaban J connectivity index is 1.70. The molecule has 1 N–H and O–H groups in total. The van der Waals surface area contributed by atoms with Crippen LogP contribution in [0.4, 0.5) is 27.6 Å². The molecular formula is C23H17F5N4O2. The molecule has 0 aliphatic carbocycles. The molecule has 2 aromatic heterocycles. The zero-order valence-electron chi connectivity index (χ0n) is 17.6. The molecular weight excluding hydrogens is 459 g/mol. The van der Waals surface area contributed by atoms with E-state index in [1.165, 1.54) is 35.0 Å². The van der Waals surface area contributed by atoms with E-state index in [2.05, 4.69) is 15.2 Å². The van der Waals surface area contributed by atoms with Crippen LogP contribution in [0.2, 0.25) is 0 Å². The summed E-state index contributed by atoms with van der Waals surface area (Å²) >= 11 is 0. The van der Waals surface area contributed by atoms with Crippen LogP contribution in [0.25, 0.3) is 16.8 Å². The zero-order valence-corrected chi connectivity index (χ0v) is 17.6. The average molecular weight is 476 g/mol. The number of rotatable bonds is 6. The smallest absolute Gasteiger partial charge is 0.406 e. The molecule has 4 aromatic rings. The van der Waals surface area contributed by atoms with Crippen LogP contribution in [-0.4, -0.2) is 20.7 Å². The number of hydrogen-bond donors (Lipinski definition) is 1. The largest absolute Gasteiger partial charge is 0.573 e. The Kier molecular flexibility index (Phi) is 6.10. The van der Waals surface area contributed by atoms with E-state index in [-0.39, 0.29) is 12.1 Å². The first-order valence-electron chi connectivity index (χ1n) is 9.89. The third-order valence-corrected chi connectivity index (χ3v) is 4.90. The topological polar surface area (TPSA) is 61.1 Å². The highest BCUT2D eigenvalue weighted by molar-refractivity contribution is 5.76. The summed E-state index contributed by atoms with van der Waals surface area (Å²) in [5, 5.41) is 7.12. The van der Waals surface area contributed by atoms with Crippen molar-refractivity contribution in [2.75, 3.05) is 5.32 Å². The third kappa shape index (κ3) is 5.25. The Morgan fingerprint density at radius 3 is 2.38 bits per heavy atom. The van der Waals surface area contributed by atoms with Gasteiger partial charge in [0, 0.05) is 66.2 Å².